The molecule has 0 fully saturated rings. The molecule has 4 nitrogen and oxygen atoms in total. The summed E-state index contributed by atoms with van der Waals surface area (Å²) < 4.78 is 0. The third kappa shape index (κ3) is 9.09. The van der Waals surface area contributed by atoms with Crippen molar-refractivity contribution in [1.82, 2.24) is 5.32 Å². The summed E-state index contributed by atoms with van der Waals surface area (Å²) in [5.41, 5.74) is 8.25. The van der Waals surface area contributed by atoms with E-state index in [1.165, 1.54) is 53.5 Å². The number of hydrogen-bond donors (Lipinski definition) is 2. The molecule has 2 N–H and O–H groups in total. The van der Waals surface area contributed by atoms with Crippen molar-refractivity contribution in [3.05, 3.63) is 94.5 Å². The van der Waals surface area contributed by atoms with Crippen LogP contribution < -0.4 is 5.32 Å². The van der Waals surface area contributed by atoms with Gasteiger partial charge in [0.05, 0.1) is 6.42 Å². The van der Waals surface area contributed by atoms with Gasteiger partial charge in [0.25, 0.3) is 5.91 Å². The molecule has 3 rings (SSSR count). The first kappa shape index (κ1) is 30.1. The molecular formula is C35H45NO3. The number of carboxylic acids is 1. The molecule has 208 valence electrons. The Morgan fingerprint density at radius 1 is 0.872 bits per heavy atom. The highest BCUT2D eigenvalue weighted by molar-refractivity contribution is 5.94. The summed E-state index contributed by atoms with van der Waals surface area (Å²) in [7, 11) is 0. The molecule has 0 radical (unpaired) electrons. The Morgan fingerprint density at radius 2 is 1.51 bits per heavy atom. The predicted octanol–water partition coefficient (Wildman–Crippen LogP) is 8.46. The average molecular weight is 528 g/mol. The molecule has 1 unspecified atom stereocenters. The molecule has 0 bridgehead atoms. The number of amides is 1. The van der Waals surface area contributed by atoms with Gasteiger partial charge in [0.2, 0.25) is 0 Å². The number of unbranched alkanes of at least 4 members (excludes halogenated alkanes) is 3. The van der Waals surface area contributed by atoms with Gasteiger partial charge in [0.15, 0.2) is 0 Å². The second-order valence-electron chi connectivity index (χ2n) is 11.7. The van der Waals surface area contributed by atoms with E-state index in [1.807, 2.05) is 12.1 Å². The minimum atomic E-state index is -0.917. The monoisotopic (exact) mass is 527 g/mol. The SMILES string of the molecule is CCCCCCC(Cc1ccc(-c2ccc(C(C)(C)C)cc2)cc1)c1ccc(C(=O)NCCC(=O)O)cc1C. The molecule has 0 spiro atoms. The topological polar surface area (TPSA) is 66.4 Å². The van der Waals surface area contributed by atoms with Gasteiger partial charge in [-0.25, -0.2) is 0 Å². The van der Waals surface area contributed by atoms with Gasteiger partial charge in [-0.15, -0.1) is 0 Å². The standard InChI is InChI=1S/C35H45NO3/c1-6-7-8-9-10-29(32-20-17-30(23-25(32)2)34(39)36-22-21-33(37)38)24-26-11-13-27(14-12-26)28-15-18-31(19-16-28)35(3,4)5/h11-20,23,29H,6-10,21-22,24H2,1-5H3,(H,36,39)(H,37,38). The van der Waals surface area contributed by atoms with E-state index in [9.17, 15) is 9.59 Å². The van der Waals surface area contributed by atoms with Crippen LogP contribution in [0.5, 0.6) is 0 Å². The molecular weight excluding hydrogens is 482 g/mol. The molecule has 0 aromatic heterocycles. The minimum absolute atomic E-state index is 0.0797. The normalized spacial score (nSPS) is 12.2. The Morgan fingerprint density at radius 3 is 2.08 bits per heavy atom. The van der Waals surface area contributed by atoms with E-state index in [1.54, 1.807) is 0 Å². The van der Waals surface area contributed by atoms with Crippen molar-refractivity contribution in [3.63, 3.8) is 0 Å². The zero-order valence-electron chi connectivity index (χ0n) is 24.3. The Kier molecular flexibility index (Phi) is 10.9. The van der Waals surface area contributed by atoms with Crippen LogP contribution in [0.2, 0.25) is 0 Å². The van der Waals surface area contributed by atoms with E-state index in [-0.39, 0.29) is 24.3 Å². The number of carbonyl (C=O) groups is 2. The highest BCUT2D eigenvalue weighted by Crippen LogP contribution is 2.31. The van der Waals surface area contributed by atoms with E-state index in [0.717, 1.165) is 18.4 Å². The maximum atomic E-state index is 12.5. The van der Waals surface area contributed by atoms with Gasteiger partial charge in [-0.1, -0.05) is 108 Å². The predicted molar refractivity (Wildman–Crippen MR) is 162 cm³/mol. The summed E-state index contributed by atoms with van der Waals surface area (Å²) in [6.45, 7) is 11.2. The highest BCUT2D eigenvalue weighted by Gasteiger charge is 2.17. The number of rotatable bonds is 13. The molecule has 0 saturated carbocycles. The first-order valence-electron chi connectivity index (χ1n) is 14.4. The molecule has 39 heavy (non-hydrogen) atoms. The van der Waals surface area contributed by atoms with E-state index in [4.69, 9.17) is 5.11 Å². The lowest BCUT2D eigenvalue weighted by molar-refractivity contribution is -0.136. The molecule has 0 aliphatic carbocycles. The lowest BCUT2D eigenvalue weighted by Gasteiger charge is -2.21. The molecule has 1 amide bonds. The Labute approximate surface area is 234 Å². The van der Waals surface area contributed by atoms with Crippen LogP contribution in [0.4, 0.5) is 0 Å². The lowest BCUT2D eigenvalue weighted by Crippen LogP contribution is -2.26. The summed E-state index contributed by atoms with van der Waals surface area (Å²) in [6, 6.07) is 23.8. The van der Waals surface area contributed by atoms with Crippen LogP contribution in [0.1, 0.15) is 105 Å². The number of carbonyl (C=O) groups excluding carboxylic acids is 1. The quantitative estimate of drug-likeness (QED) is 0.219. The summed E-state index contributed by atoms with van der Waals surface area (Å²) in [5.74, 6) is -0.765. The molecule has 0 heterocycles. The zero-order chi connectivity index (χ0) is 28.4. The maximum Gasteiger partial charge on any atom is 0.305 e. The fourth-order valence-corrected chi connectivity index (χ4v) is 5.13. The van der Waals surface area contributed by atoms with Crippen LogP contribution in [0.3, 0.4) is 0 Å². The molecule has 3 aromatic carbocycles. The first-order valence-corrected chi connectivity index (χ1v) is 14.4. The Bertz CT molecular complexity index is 1220. The van der Waals surface area contributed by atoms with Gasteiger partial charge in [0, 0.05) is 12.1 Å². The first-order chi connectivity index (χ1) is 18.6. The van der Waals surface area contributed by atoms with Gasteiger partial charge in [-0.05, 0) is 76.6 Å². The summed E-state index contributed by atoms with van der Waals surface area (Å²) >= 11 is 0. The van der Waals surface area contributed by atoms with Crippen molar-refractivity contribution in [2.45, 2.75) is 90.9 Å². The van der Waals surface area contributed by atoms with Crippen LogP contribution >= 0.6 is 0 Å². The Hall–Kier alpha value is -3.40. The van der Waals surface area contributed by atoms with Gasteiger partial charge < -0.3 is 10.4 Å². The third-order valence-corrected chi connectivity index (χ3v) is 7.52. The number of carboxylic acid groups (broad SMARTS) is 1. The second-order valence-corrected chi connectivity index (χ2v) is 11.7. The molecule has 3 aromatic rings. The molecule has 0 aliphatic rings. The van der Waals surface area contributed by atoms with E-state index in [0.29, 0.717) is 11.5 Å². The van der Waals surface area contributed by atoms with Crippen molar-refractivity contribution in [1.29, 1.82) is 0 Å². The number of benzene rings is 3. The lowest BCUT2D eigenvalue weighted by atomic mass is 9.84. The zero-order valence-corrected chi connectivity index (χ0v) is 24.3. The minimum Gasteiger partial charge on any atom is -0.481 e. The number of aliphatic carboxylic acids is 1. The van der Waals surface area contributed by atoms with Crippen molar-refractivity contribution in [2.24, 2.45) is 0 Å². The van der Waals surface area contributed by atoms with Crippen molar-refractivity contribution >= 4 is 11.9 Å². The summed E-state index contributed by atoms with van der Waals surface area (Å²) in [6.07, 6.45) is 6.88. The molecule has 1 atom stereocenters. The van der Waals surface area contributed by atoms with Crippen LogP contribution in [0.15, 0.2) is 66.7 Å². The van der Waals surface area contributed by atoms with Crippen LogP contribution in [0, 0.1) is 6.92 Å². The van der Waals surface area contributed by atoms with Crippen molar-refractivity contribution in [3.8, 4) is 11.1 Å². The van der Waals surface area contributed by atoms with Crippen LogP contribution in [-0.4, -0.2) is 23.5 Å². The smallest absolute Gasteiger partial charge is 0.305 e. The second kappa shape index (κ2) is 14.1. The number of nitrogens with one attached hydrogen (secondary N) is 1. The summed E-state index contributed by atoms with van der Waals surface area (Å²) in [5, 5.41) is 11.5. The van der Waals surface area contributed by atoms with Crippen molar-refractivity contribution < 1.29 is 14.7 Å². The van der Waals surface area contributed by atoms with Crippen molar-refractivity contribution in [2.75, 3.05) is 6.54 Å². The van der Waals surface area contributed by atoms with Gasteiger partial charge in [-0.3, -0.25) is 9.59 Å². The fraction of sp³-hybridized carbons (Fsp3) is 0.429. The number of aryl methyl sites for hydroxylation is 1. The largest absolute Gasteiger partial charge is 0.481 e. The third-order valence-electron chi connectivity index (χ3n) is 7.52. The van der Waals surface area contributed by atoms with Crippen LogP contribution in [0.25, 0.3) is 11.1 Å². The van der Waals surface area contributed by atoms with Gasteiger partial charge in [-0.2, -0.15) is 0 Å². The van der Waals surface area contributed by atoms with E-state index < -0.39 is 5.97 Å². The van der Waals surface area contributed by atoms with E-state index >= 15 is 0 Å². The number of hydrogen-bond acceptors (Lipinski definition) is 2. The highest BCUT2D eigenvalue weighted by atomic mass is 16.4. The van der Waals surface area contributed by atoms with Gasteiger partial charge in [0.1, 0.15) is 0 Å². The molecule has 0 aliphatic heterocycles. The maximum absolute atomic E-state index is 12.5. The molecule has 0 saturated heterocycles. The fourth-order valence-electron chi connectivity index (χ4n) is 5.13. The average Bonchev–Trinajstić information content (AvgIpc) is 2.90. The Balaban J connectivity index is 1.75. The summed E-state index contributed by atoms with van der Waals surface area (Å²) in [4.78, 5) is 23.3. The van der Waals surface area contributed by atoms with E-state index in [2.05, 4.69) is 94.5 Å². The molecule has 4 heteroatoms. The van der Waals surface area contributed by atoms with Crippen LogP contribution in [-0.2, 0) is 16.6 Å². The van der Waals surface area contributed by atoms with Gasteiger partial charge >= 0.3 is 5.97 Å².